The lowest BCUT2D eigenvalue weighted by atomic mass is 10.1. The van der Waals surface area contributed by atoms with Crippen molar-refractivity contribution in [3.8, 4) is 30.0 Å². The summed E-state index contributed by atoms with van der Waals surface area (Å²) in [4.78, 5) is 11.0. The first-order valence-corrected chi connectivity index (χ1v) is 9.82. The fraction of sp³-hybridized carbons (Fsp3) is 0.174. The maximum atomic E-state index is 9.01. The lowest BCUT2D eigenvalue weighted by molar-refractivity contribution is 0.451. The number of halogens is 1. The third-order valence-corrected chi connectivity index (χ3v) is 4.93. The molecule has 2 aromatic carbocycles. The molecule has 6 heteroatoms. The summed E-state index contributed by atoms with van der Waals surface area (Å²) in [5.74, 6) is 4.29. The van der Waals surface area contributed by atoms with Gasteiger partial charge in [0.1, 0.15) is 5.75 Å². The minimum atomic E-state index is 0.418. The quantitative estimate of drug-likeness (QED) is 0.473. The fourth-order valence-electron chi connectivity index (χ4n) is 2.99. The number of ether oxygens (including phenoxy) is 1. The monoisotopic (exact) mass is 446 g/mol. The van der Waals surface area contributed by atoms with Crippen molar-refractivity contribution >= 4 is 27.6 Å². The number of anilines is 2. The van der Waals surface area contributed by atoms with Crippen LogP contribution in [0.5, 0.6) is 11.6 Å². The average molecular weight is 447 g/mol. The Balaban J connectivity index is 1.97. The van der Waals surface area contributed by atoms with Crippen LogP contribution >= 0.6 is 15.9 Å². The van der Waals surface area contributed by atoms with E-state index in [2.05, 4.69) is 37.9 Å². The van der Waals surface area contributed by atoms with E-state index in [1.807, 2.05) is 49.9 Å². The summed E-state index contributed by atoms with van der Waals surface area (Å²) in [5.41, 5.74) is 4.18. The van der Waals surface area contributed by atoms with Crippen LogP contribution in [0.4, 0.5) is 11.6 Å². The van der Waals surface area contributed by atoms with Crippen molar-refractivity contribution in [3.63, 3.8) is 0 Å². The molecule has 0 amide bonds. The summed E-state index contributed by atoms with van der Waals surface area (Å²) in [7, 11) is 0. The highest BCUT2D eigenvalue weighted by molar-refractivity contribution is 9.10. The van der Waals surface area contributed by atoms with Gasteiger partial charge in [-0.1, -0.05) is 5.92 Å². The first-order valence-electron chi connectivity index (χ1n) is 9.02. The van der Waals surface area contributed by atoms with E-state index in [9.17, 15) is 0 Å². The summed E-state index contributed by atoms with van der Waals surface area (Å²) in [6.45, 7) is 6.57. The zero-order chi connectivity index (χ0) is 21.0. The molecule has 5 nitrogen and oxygen atoms in total. The molecule has 0 aliphatic rings. The van der Waals surface area contributed by atoms with E-state index < -0.39 is 0 Å². The van der Waals surface area contributed by atoms with Crippen LogP contribution in [-0.2, 0) is 0 Å². The second-order valence-corrected chi connectivity index (χ2v) is 7.27. The number of hydrogen-bond donors (Lipinski definition) is 0. The van der Waals surface area contributed by atoms with Gasteiger partial charge < -0.3 is 9.64 Å². The zero-order valence-electron chi connectivity index (χ0n) is 16.4. The topological polar surface area (TPSA) is 62.0 Å². The molecule has 0 aliphatic heterocycles. The highest BCUT2D eigenvalue weighted by Gasteiger charge is 2.16. The molecule has 0 spiro atoms. The summed E-state index contributed by atoms with van der Waals surface area (Å²) >= 11 is 3.47. The molecule has 0 atom stereocenters. The minimum Gasteiger partial charge on any atom is -0.437 e. The van der Waals surface area contributed by atoms with Gasteiger partial charge in [-0.05, 0) is 84.2 Å². The molecular formula is C23H19BrN4O. The van der Waals surface area contributed by atoms with Crippen molar-refractivity contribution in [2.45, 2.75) is 20.8 Å². The Morgan fingerprint density at radius 1 is 1.14 bits per heavy atom. The molecule has 0 fully saturated rings. The van der Waals surface area contributed by atoms with Crippen LogP contribution in [0.15, 0.2) is 47.1 Å². The number of nitrogens with zero attached hydrogens (tertiary/aromatic N) is 4. The third-order valence-electron chi connectivity index (χ3n) is 4.39. The number of terminal acetylenes is 1. The molecule has 0 aliphatic carbocycles. The van der Waals surface area contributed by atoms with Crippen molar-refractivity contribution in [1.29, 1.82) is 5.26 Å². The van der Waals surface area contributed by atoms with E-state index >= 15 is 0 Å². The van der Waals surface area contributed by atoms with Crippen molar-refractivity contribution in [1.82, 2.24) is 9.97 Å². The van der Waals surface area contributed by atoms with E-state index in [1.54, 1.807) is 18.3 Å². The zero-order valence-corrected chi connectivity index (χ0v) is 18.0. The van der Waals surface area contributed by atoms with Crippen LogP contribution in [0.2, 0.25) is 0 Å². The lowest BCUT2D eigenvalue weighted by Crippen LogP contribution is -2.19. The number of aromatic nitrogens is 2. The molecule has 1 heterocycles. The van der Waals surface area contributed by atoms with Crippen LogP contribution in [0.25, 0.3) is 0 Å². The van der Waals surface area contributed by atoms with Crippen molar-refractivity contribution in [2.75, 3.05) is 11.4 Å². The molecule has 0 N–H and O–H groups in total. The van der Waals surface area contributed by atoms with Gasteiger partial charge in [0.05, 0.1) is 22.3 Å². The van der Waals surface area contributed by atoms with Crippen LogP contribution in [-0.4, -0.2) is 16.5 Å². The molecule has 3 aromatic rings. The highest BCUT2D eigenvalue weighted by atomic mass is 79.9. The molecular weight excluding hydrogens is 428 g/mol. The van der Waals surface area contributed by atoms with Crippen LogP contribution in [0.3, 0.4) is 0 Å². The van der Waals surface area contributed by atoms with Crippen molar-refractivity contribution < 1.29 is 4.74 Å². The van der Waals surface area contributed by atoms with Gasteiger partial charge in [0.25, 0.3) is 0 Å². The van der Waals surface area contributed by atoms with Gasteiger partial charge in [0.2, 0.25) is 11.8 Å². The summed E-state index contributed by atoms with van der Waals surface area (Å²) < 4.78 is 6.79. The second-order valence-electron chi connectivity index (χ2n) is 6.41. The maximum Gasteiger partial charge on any atom is 0.238 e. The van der Waals surface area contributed by atoms with E-state index in [1.165, 1.54) is 0 Å². The Morgan fingerprint density at radius 3 is 2.34 bits per heavy atom. The van der Waals surface area contributed by atoms with E-state index in [4.69, 9.17) is 16.4 Å². The van der Waals surface area contributed by atoms with E-state index in [-0.39, 0.29) is 0 Å². The molecule has 29 heavy (non-hydrogen) atoms. The van der Waals surface area contributed by atoms with Gasteiger partial charge in [-0.2, -0.15) is 10.2 Å². The van der Waals surface area contributed by atoms with Gasteiger partial charge in [0.15, 0.2) is 0 Å². The van der Waals surface area contributed by atoms with Crippen LogP contribution in [0, 0.1) is 37.5 Å². The molecule has 1 aromatic heterocycles. The predicted octanol–water partition coefficient (Wildman–Crippen LogP) is 5.66. The molecule has 0 bridgehead atoms. The Hall–Kier alpha value is -3.35. The molecule has 3 rings (SSSR count). The van der Waals surface area contributed by atoms with Crippen molar-refractivity contribution in [2.24, 2.45) is 0 Å². The number of benzene rings is 2. The SMILES string of the molecule is C#Cc1cc(C)c(Oc2nc(N(CC)c3ccc(C#N)cc3)ncc2Br)c(C)c1. The lowest BCUT2D eigenvalue weighted by Gasteiger charge is -2.22. The molecule has 0 radical (unpaired) electrons. The van der Waals surface area contributed by atoms with Crippen molar-refractivity contribution in [3.05, 3.63) is 69.3 Å². The van der Waals surface area contributed by atoms with Gasteiger partial charge in [-0.3, -0.25) is 0 Å². The Bertz CT molecular complexity index is 1100. The van der Waals surface area contributed by atoms with E-state index in [0.717, 1.165) is 28.1 Å². The molecule has 0 unspecified atom stereocenters. The number of aryl methyl sites for hydroxylation is 2. The second kappa shape index (κ2) is 8.77. The number of hydrogen-bond acceptors (Lipinski definition) is 5. The third kappa shape index (κ3) is 4.39. The highest BCUT2D eigenvalue weighted by Crippen LogP contribution is 2.34. The Labute approximate surface area is 179 Å². The number of rotatable bonds is 5. The smallest absolute Gasteiger partial charge is 0.238 e. The molecule has 0 saturated carbocycles. The Morgan fingerprint density at radius 2 is 1.79 bits per heavy atom. The van der Waals surface area contributed by atoms with Gasteiger partial charge >= 0.3 is 0 Å². The van der Waals surface area contributed by atoms with Crippen LogP contribution in [0.1, 0.15) is 29.2 Å². The standard InChI is InChI=1S/C23H19BrN4O/c1-5-17-11-15(3)21(16(4)12-17)29-22-20(24)14-26-23(27-22)28(6-2)19-9-7-18(13-25)8-10-19/h1,7-12,14H,6H2,2-4H3. The molecule has 0 saturated heterocycles. The predicted molar refractivity (Wildman–Crippen MR) is 117 cm³/mol. The molecule has 144 valence electrons. The summed E-state index contributed by atoms with van der Waals surface area (Å²) in [6, 6.07) is 13.2. The average Bonchev–Trinajstić information content (AvgIpc) is 2.73. The summed E-state index contributed by atoms with van der Waals surface area (Å²) in [5, 5.41) is 9.01. The maximum absolute atomic E-state index is 9.01. The van der Waals surface area contributed by atoms with Gasteiger partial charge in [0, 0.05) is 17.8 Å². The largest absolute Gasteiger partial charge is 0.437 e. The fourth-order valence-corrected chi connectivity index (χ4v) is 3.26. The summed E-state index contributed by atoms with van der Waals surface area (Å²) in [6.07, 6.45) is 7.19. The van der Waals surface area contributed by atoms with Gasteiger partial charge in [-0.25, -0.2) is 4.98 Å². The van der Waals surface area contributed by atoms with E-state index in [0.29, 0.717) is 28.4 Å². The van der Waals surface area contributed by atoms with Crippen LogP contribution < -0.4 is 9.64 Å². The Kier molecular flexibility index (Phi) is 6.16. The number of nitriles is 1. The normalized spacial score (nSPS) is 10.1. The first kappa shape index (κ1) is 20.4. The minimum absolute atomic E-state index is 0.418. The van der Waals surface area contributed by atoms with Gasteiger partial charge in [-0.15, -0.1) is 6.42 Å². The first-order chi connectivity index (χ1) is 14.0.